The normalized spacial score (nSPS) is 15.9. The summed E-state index contributed by atoms with van der Waals surface area (Å²) < 4.78 is 28.4. The fraction of sp³-hybridized carbons (Fsp3) is 0.231. The lowest BCUT2D eigenvalue weighted by atomic mass is 10.0. The number of carbonyl (C=O) groups excluding carboxylic acids is 1. The van der Waals surface area contributed by atoms with Gasteiger partial charge in [-0.15, -0.1) is 0 Å². The standard InChI is InChI=1S/C26H24N2O6/c1-30-22-11-17(12-23(31-2)26(22)32-3)13-28-14-19-20(33-15-28)5-4-18-24(29)21(34-25(18)19)10-16-6-8-27-9-7-16/h4-12H,13-15H2,1-3H3. The van der Waals surface area contributed by atoms with Gasteiger partial charge in [0.1, 0.15) is 18.2 Å². The number of ketones is 1. The summed E-state index contributed by atoms with van der Waals surface area (Å²) in [6.07, 6.45) is 5.08. The van der Waals surface area contributed by atoms with Gasteiger partial charge in [-0.1, -0.05) is 0 Å². The van der Waals surface area contributed by atoms with Gasteiger partial charge in [-0.05, 0) is 53.6 Å². The first-order chi connectivity index (χ1) is 16.6. The van der Waals surface area contributed by atoms with Crippen molar-refractivity contribution in [2.24, 2.45) is 0 Å². The number of nitrogens with zero attached hydrogens (tertiary/aromatic N) is 2. The monoisotopic (exact) mass is 460 g/mol. The Morgan fingerprint density at radius 1 is 1.03 bits per heavy atom. The minimum Gasteiger partial charge on any atom is -0.493 e. The number of methoxy groups -OCH3 is 3. The van der Waals surface area contributed by atoms with Gasteiger partial charge < -0.3 is 23.7 Å². The Bertz CT molecular complexity index is 1250. The average molecular weight is 460 g/mol. The molecular weight excluding hydrogens is 436 g/mol. The number of carbonyl (C=O) groups is 1. The summed E-state index contributed by atoms with van der Waals surface area (Å²) >= 11 is 0. The van der Waals surface area contributed by atoms with Crippen LogP contribution in [0.25, 0.3) is 6.08 Å². The van der Waals surface area contributed by atoms with Crippen LogP contribution in [0.1, 0.15) is 27.0 Å². The lowest BCUT2D eigenvalue weighted by Crippen LogP contribution is -2.31. The zero-order chi connectivity index (χ0) is 23.7. The Morgan fingerprint density at radius 3 is 2.44 bits per heavy atom. The molecule has 0 fully saturated rings. The van der Waals surface area contributed by atoms with E-state index in [-0.39, 0.29) is 11.5 Å². The first kappa shape index (κ1) is 21.8. The van der Waals surface area contributed by atoms with Crippen LogP contribution >= 0.6 is 0 Å². The van der Waals surface area contributed by atoms with Crippen LogP contribution in [0.15, 0.2) is 54.6 Å². The van der Waals surface area contributed by atoms with Crippen LogP contribution in [-0.2, 0) is 13.1 Å². The third kappa shape index (κ3) is 3.92. The van der Waals surface area contributed by atoms with E-state index < -0.39 is 0 Å². The van der Waals surface area contributed by atoms with Crippen molar-refractivity contribution in [1.82, 2.24) is 9.88 Å². The molecule has 8 nitrogen and oxygen atoms in total. The van der Waals surface area contributed by atoms with Crippen molar-refractivity contribution in [3.8, 4) is 28.7 Å². The predicted octanol–water partition coefficient (Wildman–Crippen LogP) is 4.08. The molecule has 34 heavy (non-hydrogen) atoms. The van der Waals surface area contributed by atoms with E-state index in [2.05, 4.69) is 9.88 Å². The molecule has 3 aromatic rings. The number of aromatic nitrogens is 1. The Kier molecular flexibility index (Phi) is 5.81. The lowest BCUT2D eigenvalue weighted by molar-refractivity contribution is 0.0871. The Balaban J connectivity index is 1.41. The molecule has 0 aliphatic carbocycles. The second kappa shape index (κ2) is 9.07. The number of ether oxygens (including phenoxy) is 5. The van der Waals surface area contributed by atoms with Crippen LogP contribution in [0, 0.1) is 0 Å². The minimum absolute atomic E-state index is 0.142. The molecule has 0 saturated heterocycles. The largest absolute Gasteiger partial charge is 0.493 e. The van der Waals surface area contributed by atoms with E-state index in [0.717, 1.165) is 22.4 Å². The number of Topliss-reactive ketones (excluding diaryl/α,β-unsaturated/α-hetero) is 1. The van der Waals surface area contributed by atoms with Gasteiger partial charge in [-0.3, -0.25) is 14.7 Å². The van der Waals surface area contributed by atoms with Crippen LogP contribution in [-0.4, -0.2) is 43.7 Å². The molecule has 2 aliphatic heterocycles. The molecule has 0 saturated carbocycles. The van der Waals surface area contributed by atoms with Crippen molar-refractivity contribution in [3.63, 3.8) is 0 Å². The molecule has 0 atom stereocenters. The van der Waals surface area contributed by atoms with Gasteiger partial charge in [0.2, 0.25) is 11.5 Å². The van der Waals surface area contributed by atoms with E-state index in [1.807, 2.05) is 30.3 Å². The van der Waals surface area contributed by atoms with E-state index >= 15 is 0 Å². The number of fused-ring (bicyclic) bond motifs is 3. The van der Waals surface area contributed by atoms with E-state index in [9.17, 15) is 4.79 Å². The van der Waals surface area contributed by atoms with Gasteiger partial charge >= 0.3 is 0 Å². The Morgan fingerprint density at radius 2 is 1.76 bits per heavy atom. The van der Waals surface area contributed by atoms with Crippen molar-refractivity contribution in [3.05, 3.63) is 76.8 Å². The number of benzene rings is 2. The molecule has 0 bridgehead atoms. The minimum atomic E-state index is -0.142. The fourth-order valence-electron chi connectivity index (χ4n) is 4.20. The van der Waals surface area contributed by atoms with Gasteiger partial charge in [0.15, 0.2) is 17.3 Å². The number of hydrogen-bond acceptors (Lipinski definition) is 8. The SMILES string of the molecule is COc1cc(CN2COc3ccc4c(c3C2)OC(=Cc2ccncc2)C4=O)cc(OC)c1OC. The van der Waals surface area contributed by atoms with Crippen LogP contribution < -0.4 is 23.7 Å². The van der Waals surface area contributed by atoms with Crippen molar-refractivity contribution in [1.29, 1.82) is 0 Å². The van der Waals surface area contributed by atoms with E-state index in [1.165, 1.54) is 0 Å². The van der Waals surface area contributed by atoms with Crippen LogP contribution in [0.4, 0.5) is 0 Å². The summed E-state index contributed by atoms with van der Waals surface area (Å²) in [5.41, 5.74) is 3.21. The number of hydrogen-bond donors (Lipinski definition) is 0. The highest BCUT2D eigenvalue weighted by Gasteiger charge is 2.33. The topological polar surface area (TPSA) is 79.4 Å². The van der Waals surface area contributed by atoms with Crippen molar-refractivity contribution >= 4 is 11.9 Å². The molecule has 8 heteroatoms. The van der Waals surface area contributed by atoms with Crippen molar-refractivity contribution in [2.45, 2.75) is 13.1 Å². The van der Waals surface area contributed by atoms with Crippen molar-refractivity contribution < 1.29 is 28.5 Å². The second-order valence-corrected chi connectivity index (χ2v) is 7.93. The molecule has 0 radical (unpaired) electrons. The molecule has 0 N–H and O–H groups in total. The third-order valence-electron chi connectivity index (χ3n) is 5.82. The third-order valence-corrected chi connectivity index (χ3v) is 5.82. The fourth-order valence-corrected chi connectivity index (χ4v) is 4.20. The highest BCUT2D eigenvalue weighted by Crippen LogP contribution is 2.43. The van der Waals surface area contributed by atoms with E-state index in [1.54, 1.807) is 45.9 Å². The molecule has 0 unspecified atom stereocenters. The first-order valence-electron chi connectivity index (χ1n) is 10.8. The summed E-state index contributed by atoms with van der Waals surface area (Å²) in [5.74, 6) is 3.15. The summed E-state index contributed by atoms with van der Waals surface area (Å²) in [4.78, 5) is 19.1. The predicted molar refractivity (Wildman–Crippen MR) is 124 cm³/mol. The maximum absolute atomic E-state index is 13.0. The summed E-state index contributed by atoms with van der Waals surface area (Å²) in [7, 11) is 4.76. The summed E-state index contributed by atoms with van der Waals surface area (Å²) in [5, 5.41) is 0. The maximum atomic E-state index is 13.0. The number of rotatable bonds is 6. The number of pyridine rings is 1. The summed E-state index contributed by atoms with van der Waals surface area (Å²) in [6.45, 7) is 1.54. The van der Waals surface area contributed by atoms with Gasteiger partial charge in [-0.25, -0.2) is 0 Å². The van der Waals surface area contributed by atoms with Gasteiger partial charge in [0, 0.05) is 25.5 Å². The highest BCUT2D eigenvalue weighted by atomic mass is 16.5. The lowest BCUT2D eigenvalue weighted by Gasteiger charge is -2.30. The smallest absolute Gasteiger partial charge is 0.231 e. The zero-order valence-corrected chi connectivity index (χ0v) is 19.2. The second-order valence-electron chi connectivity index (χ2n) is 7.93. The van der Waals surface area contributed by atoms with E-state index in [0.29, 0.717) is 48.4 Å². The van der Waals surface area contributed by atoms with E-state index in [4.69, 9.17) is 23.7 Å². The molecule has 0 amide bonds. The molecule has 0 spiro atoms. The zero-order valence-electron chi connectivity index (χ0n) is 19.2. The van der Waals surface area contributed by atoms with Gasteiger partial charge in [0.25, 0.3) is 0 Å². The Hall–Kier alpha value is -4.04. The average Bonchev–Trinajstić information content (AvgIpc) is 3.19. The molecule has 1 aromatic heterocycles. The first-order valence-corrected chi connectivity index (χ1v) is 10.8. The molecule has 3 heterocycles. The van der Waals surface area contributed by atoms with Gasteiger partial charge in [-0.2, -0.15) is 0 Å². The van der Waals surface area contributed by atoms with Gasteiger partial charge in [0.05, 0.1) is 32.5 Å². The Labute approximate surface area is 197 Å². The molecule has 2 aliphatic rings. The molecule has 174 valence electrons. The molecule has 5 rings (SSSR count). The van der Waals surface area contributed by atoms with Crippen LogP contribution in [0.5, 0.6) is 28.7 Å². The van der Waals surface area contributed by atoms with Crippen LogP contribution in [0.3, 0.4) is 0 Å². The molecular formula is C26H24N2O6. The quantitative estimate of drug-likeness (QED) is 0.510. The molecule has 2 aromatic carbocycles. The van der Waals surface area contributed by atoms with Crippen molar-refractivity contribution in [2.75, 3.05) is 28.1 Å². The number of allylic oxidation sites excluding steroid dienone is 1. The highest BCUT2D eigenvalue weighted by molar-refractivity contribution is 6.15. The maximum Gasteiger partial charge on any atom is 0.231 e. The summed E-state index contributed by atoms with van der Waals surface area (Å²) in [6, 6.07) is 11.1. The van der Waals surface area contributed by atoms with Crippen LogP contribution in [0.2, 0.25) is 0 Å².